The van der Waals surface area contributed by atoms with Gasteiger partial charge >= 0.3 is 58.4 Å². The molecule has 0 fully saturated rings. The summed E-state index contributed by atoms with van der Waals surface area (Å²) < 4.78 is 34.9. The molecule has 0 aliphatic rings. The first-order valence-electron chi connectivity index (χ1n) is 2.19. The number of aromatic nitrogens is 1. The second kappa shape index (κ2) is 4.22. The van der Waals surface area contributed by atoms with Gasteiger partial charge in [-0.3, -0.25) is 4.98 Å². The summed E-state index contributed by atoms with van der Waals surface area (Å²) in [6.45, 7) is -4.86. The van der Waals surface area contributed by atoms with Gasteiger partial charge in [-0.25, -0.2) is 0 Å². The van der Waals surface area contributed by atoms with E-state index >= 15 is 0 Å². The smallest absolute Gasteiger partial charge is 0.444 e. The van der Waals surface area contributed by atoms with Crippen molar-refractivity contribution in [3.63, 3.8) is 0 Å². The van der Waals surface area contributed by atoms with E-state index in [1.807, 2.05) is 0 Å². The Hall–Kier alpha value is 1.12. The summed E-state index contributed by atoms with van der Waals surface area (Å²) >= 11 is 0.951. The first kappa shape index (κ1) is 11.1. The van der Waals surface area contributed by atoms with E-state index in [1.54, 1.807) is 0 Å². The van der Waals surface area contributed by atoms with Crippen LogP contribution in [0.4, 0.5) is 12.9 Å². The molecule has 0 aliphatic heterocycles. The van der Waals surface area contributed by atoms with Crippen LogP contribution < -0.4 is 57.0 Å². The van der Waals surface area contributed by atoms with Gasteiger partial charge in [0.25, 0.3) is 0 Å². The van der Waals surface area contributed by atoms with Gasteiger partial charge in [-0.1, -0.05) is 0 Å². The fourth-order valence-electron chi connectivity index (χ4n) is 0.384. The predicted molar refractivity (Wildman–Crippen MR) is 30.8 cm³/mol. The number of thiazole rings is 1. The van der Waals surface area contributed by atoms with Crippen LogP contribution in [-0.2, 0) is 0 Å². The number of hydrogen-bond acceptors (Lipinski definition) is 2. The van der Waals surface area contributed by atoms with Gasteiger partial charge in [0.15, 0.2) is 0 Å². The summed E-state index contributed by atoms with van der Waals surface area (Å²) in [5.41, 5.74) is 0.421. The van der Waals surface area contributed by atoms with E-state index in [-0.39, 0.29) is 51.4 Å². The van der Waals surface area contributed by atoms with Crippen molar-refractivity contribution >= 4 is 23.9 Å². The van der Waals surface area contributed by atoms with Crippen molar-refractivity contribution in [2.45, 2.75) is 0 Å². The average Bonchev–Trinajstić information content (AvgIpc) is 2.08. The molecular weight excluding hydrogens is 189 g/mol. The van der Waals surface area contributed by atoms with Gasteiger partial charge in [0.05, 0.1) is 5.51 Å². The maximum atomic E-state index is 11.6. The molecule has 1 rings (SSSR count). The number of hydrogen-bond donors (Lipinski definition) is 0. The Labute approximate surface area is 103 Å². The molecule has 0 unspecified atom stereocenters. The van der Waals surface area contributed by atoms with Crippen molar-refractivity contribution in [2.75, 3.05) is 0 Å². The Kier molecular flexibility index (Phi) is 4.70. The van der Waals surface area contributed by atoms with Crippen molar-refractivity contribution in [2.24, 2.45) is 0 Å². The predicted octanol–water partition coefficient (Wildman–Crippen LogP) is -1.80. The van der Waals surface area contributed by atoms with Crippen molar-refractivity contribution in [1.82, 2.24) is 4.98 Å². The topological polar surface area (TPSA) is 12.9 Å². The molecule has 0 bridgehead atoms. The van der Waals surface area contributed by atoms with E-state index in [9.17, 15) is 12.9 Å². The van der Waals surface area contributed by atoms with Gasteiger partial charge in [0.2, 0.25) is 0 Å². The third-order valence-electron chi connectivity index (χ3n) is 0.787. The molecule has 0 radical (unpaired) electrons. The van der Waals surface area contributed by atoms with Crippen LogP contribution in [0.15, 0.2) is 10.9 Å². The van der Waals surface area contributed by atoms with Crippen molar-refractivity contribution in [3.05, 3.63) is 10.9 Å². The summed E-state index contributed by atoms with van der Waals surface area (Å²) in [5.74, 6) is 0. The maximum absolute atomic E-state index is 11.6. The van der Waals surface area contributed by atoms with E-state index in [1.165, 1.54) is 5.51 Å². The van der Waals surface area contributed by atoms with Crippen LogP contribution in [0, 0.1) is 0 Å². The second-order valence-corrected chi connectivity index (χ2v) is 2.21. The van der Waals surface area contributed by atoms with E-state index < -0.39 is 12.6 Å². The fraction of sp³-hybridized carbons (Fsp3) is 0. The van der Waals surface area contributed by atoms with Gasteiger partial charge in [-0.05, 0) is 11.0 Å². The summed E-state index contributed by atoms with van der Waals surface area (Å²) in [7, 11) is 0. The van der Waals surface area contributed by atoms with Gasteiger partial charge in [0, 0.05) is 0 Å². The van der Waals surface area contributed by atoms with Crippen LogP contribution in [0.2, 0.25) is 0 Å². The minimum absolute atomic E-state index is 0. The van der Waals surface area contributed by atoms with Gasteiger partial charge in [-0.15, -0.1) is 11.3 Å². The van der Waals surface area contributed by atoms with Gasteiger partial charge < -0.3 is 12.9 Å². The third-order valence-corrected chi connectivity index (χ3v) is 1.39. The fourth-order valence-corrected chi connectivity index (χ4v) is 0.982. The maximum Gasteiger partial charge on any atom is 1.00 e. The third kappa shape index (κ3) is 3.02. The molecule has 0 atom stereocenters. The molecule has 0 spiro atoms. The summed E-state index contributed by atoms with van der Waals surface area (Å²) in [6.07, 6.45) is 0. The molecule has 0 saturated carbocycles. The number of nitrogens with zero attached hydrogens (tertiary/aromatic N) is 1. The minimum Gasteiger partial charge on any atom is -0.444 e. The zero-order valence-corrected chi connectivity index (χ0v) is 9.16. The first-order valence-corrected chi connectivity index (χ1v) is 3.13. The molecule has 0 aliphatic carbocycles. The van der Waals surface area contributed by atoms with E-state index in [0.717, 1.165) is 16.7 Å². The summed E-state index contributed by atoms with van der Waals surface area (Å²) in [4.78, 5) is 3.11. The summed E-state index contributed by atoms with van der Waals surface area (Å²) in [5, 5.41) is 1.00. The molecule has 0 saturated heterocycles. The zero-order chi connectivity index (χ0) is 6.91. The number of halogens is 3. The molecule has 1 nitrogen and oxygen atoms in total. The molecule has 1 heterocycles. The van der Waals surface area contributed by atoms with E-state index in [0.29, 0.717) is 0 Å². The standard InChI is InChI=1S/C3H2BF3NS.K/c5-4(6,7)3-1-9-2-8-3;/h1-2H;/q-1;+1. The SMILES string of the molecule is F[B-](F)(F)c1cscn1.[K+]. The van der Waals surface area contributed by atoms with Crippen LogP contribution in [0.1, 0.15) is 0 Å². The monoisotopic (exact) mass is 191 g/mol. The largest absolute Gasteiger partial charge is 1.00 e. The van der Waals surface area contributed by atoms with Crippen LogP contribution in [0.5, 0.6) is 0 Å². The van der Waals surface area contributed by atoms with Gasteiger partial charge in [0.1, 0.15) is 0 Å². The van der Waals surface area contributed by atoms with Crippen LogP contribution in [0.25, 0.3) is 0 Å². The molecule has 10 heavy (non-hydrogen) atoms. The minimum atomic E-state index is -4.86. The quantitative estimate of drug-likeness (QED) is 0.477. The molecule has 1 aromatic rings. The second-order valence-electron chi connectivity index (χ2n) is 1.49. The van der Waals surface area contributed by atoms with Crippen molar-refractivity contribution in [3.8, 4) is 0 Å². The Morgan fingerprint density at radius 2 is 2.00 bits per heavy atom. The van der Waals surface area contributed by atoms with Gasteiger partial charge in [-0.2, -0.15) is 0 Å². The van der Waals surface area contributed by atoms with Crippen molar-refractivity contribution < 1.29 is 64.3 Å². The molecule has 1 aromatic heterocycles. The van der Waals surface area contributed by atoms with Crippen LogP contribution >= 0.6 is 11.3 Å². The normalized spacial score (nSPS) is 10.7. The van der Waals surface area contributed by atoms with E-state index in [2.05, 4.69) is 4.98 Å². The Morgan fingerprint density at radius 3 is 2.20 bits per heavy atom. The molecule has 0 N–H and O–H groups in total. The Balaban J connectivity index is 0.000000810. The van der Waals surface area contributed by atoms with E-state index in [4.69, 9.17) is 0 Å². The molecule has 0 aromatic carbocycles. The zero-order valence-electron chi connectivity index (χ0n) is 5.22. The Bertz CT molecular complexity index is 186. The molecular formula is C3H2BF3KNS. The number of rotatable bonds is 1. The van der Waals surface area contributed by atoms with Crippen LogP contribution in [0.3, 0.4) is 0 Å². The summed E-state index contributed by atoms with van der Waals surface area (Å²) in [6, 6.07) is 0. The van der Waals surface area contributed by atoms with Crippen molar-refractivity contribution in [1.29, 1.82) is 0 Å². The molecule has 7 heteroatoms. The molecule has 0 amide bonds. The Morgan fingerprint density at radius 1 is 1.40 bits per heavy atom. The first-order chi connectivity index (χ1) is 4.11. The van der Waals surface area contributed by atoms with Crippen LogP contribution in [-0.4, -0.2) is 12.0 Å². The molecule has 50 valence electrons. The average molecular weight is 191 g/mol.